The van der Waals surface area contributed by atoms with Gasteiger partial charge in [-0.2, -0.15) is 0 Å². The van der Waals surface area contributed by atoms with E-state index in [1.807, 2.05) is 0 Å². The lowest BCUT2D eigenvalue weighted by atomic mass is 9.92. The molecule has 0 bridgehead atoms. The van der Waals surface area contributed by atoms with Gasteiger partial charge in [0.05, 0.1) is 5.92 Å². The van der Waals surface area contributed by atoms with Crippen molar-refractivity contribution in [2.75, 3.05) is 0 Å². The molecule has 1 rings (SSSR count). The average Bonchev–Trinajstić information content (AvgIpc) is 2.21. The maximum absolute atomic E-state index is 11.3. The third-order valence-electron chi connectivity index (χ3n) is 2.21. The summed E-state index contributed by atoms with van der Waals surface area (Å²) in [6.45, 7) is 1.80. The summed E-state index contributed by atoms with van der Waals surface area (Å²) in [6, 6.07) is 7.12. The van der Waals surface area contributed by atoms with Crippen molar-refractivity contribution in [3.63, 3.8) is 0 Å². The molecule has 0 aliphatic carbocycles. The highest BCUT2D eigenvalue weighted by molar-refractivity contribution is 9.10. The first-order valence-corrected chi connectivity index (χ1v) is 5.38. The largest absolute Gasteiger partial charge is 0.475 e. The van der Waals surface area contributed by atoms with Gasteiger partial charge in [0.25, 0.3) is 0 Å². The Hall–Kier alpha value is -1.16. The normalized spacial score (nSPS) is 12.1. The lowest BCUT2D eigenvalue weighted by Crippen LogP contribution is -2.21. The summed E-state index contributed by atoms with van der Waals surface area (Å²) in [4.78, 5) is 21.9. The van der Waals surface area contributed by atoms with Crippen LogP contribution >= 0.6 is 15.9 Å². The fourth-order valence-corrected chi connectivity index (χ4v) is 1.68. The van der Waals surface area contributed by atoms with Gasteiger partial charge in [-0.25, -0.2) is 4.79 Å². The Labute approximate surface area is 96.2 Å². The molecule has 0 fully saturated rings. The summed E-state index contributed by atoms with van der Waals surface area (Å²) in [5.41, 5.74) is 0.744. The summed E-state index contributed by atoms with van der Waals surface area (Å²) >= 11 is 3.28. The van der Waals surface area contributed by atoms with Crippen molar-refractivity contribution in [2.24, 2.45) is 0 Å². The van der Waals surface area contributed by atoms with E-state index in [1.54, 1.807) is 31.2 Å². The molecule has 1 unspecified atom stereocenters. The number of hydrogen-bond donors (Lipinski definition) is 1. The van der Waals surface area contributed by atoms with Crippen LogP contribution < -0.4 is 0 Å². The summed E-state index contributed by atoms with van der Waals surface area (Å²) in [6.07, 6.45) is 0.493. The zero-order chi connectivity index (χ0) is 11.4. The van der Waals surface area contributed by atoms with E-state index in [9.17, 15) is 9.59 Å². The van der Waals surface area contributed by atoms with Gasteiger partial charge in [0.2, 0.25) is 5.78 Å². The third kappa shape index (κ3) is 2.89. The van der Waals surface area contributed by atoms with Crippen molar-refractivity contribution in [2.45, 2.75) is 19.3 Å². The molecule has 0 aromatic heterocycles. The first-order chi connectivity index (χ1) is 7.06. The lowest BCUT2D eigenvalue weighted by Gasteiger charge is -2.11. The van der Waals surface area contributed by atoms with Crippen LogP contribution in [0.15, 0.2) is 28.7 Å². The standard InChI is InChI=1S/C11H11BrO3/c1-2-9(10(13)11(14)15)7-3-5-8(12)6-4-7/h3-6,9H,2H2,1H3,(H,14,15). The van der Waals surface area contributed by atoms with E-state index in [0.717, 1.165) is 10.0 Å². The number of hydrogen-bond acceptors (Lipinski definition) is 2. The van der Waals surface area contributed by atoms with Gasteiger partial charge in [0.1, 0.15) is 0 Å². The number of halogens is 1. The molecule has 1 aromatic rings. The van der Waals surface area contributed by atoms with Gasteiger partial charge in [0, 0.05) is 4.47 Å². The molecule has 1 N–H and O–H groups in total. The fourth-order valence-electron chi connectivity index (χ4n) is 1.42. The van der Waals surface area contributed by atoms with Crippen LogP contribution in [0.5, 0.6) is 0 Å². The Bertz CT molecular complexity index is 370. The number of carboxylic acids is 1. The van der Waals surface area contributed by atoms with Crippen LogP contribution in [-0.2, 0) is 9.59 Å². The average molecular weight is 271 g/mol. The van der Waals surface area contributed by atoms with E-state index in [0.29, 0.717) is 6.42 Å². The van der Waals surface area contributed by atoms with Crippen molar-refractivity contribution in [1.29, 1.82) is 0 Å². The highest BCUT2D eigenvalue weighted by atomic mass is 79.9. The molecule has 0 radical (unpaired) electrons. The first-order valence-electron chi connectivity index (χ1n) is 4.58. The van der Waals surface area contributed by atoms with Crippen molar-refractivity contribution < 1.29 is 14.7 Å². The van der Waals surface area contributed by atoms with Crippen LogP contribution in [0.1, 0.15) is 24.8 Å². The first kappa shape index (κ1) is 11.9. The van der Waals surface area contributed by atoms with Crippen LogP contribution in [0, 0.1) is 0 Å². The second kappa shape index (κ2) is 5.07. The molecule has 0 saturated heterocycles. The highest BCUT2D eigenvalue weighted by Crippen LogP contribution is 2.22. The number of carboxylic acid groups (broad SMARTS) is 1. The maximum atomic E-state index is 11.3. The molecule has 1 atom stereocenters. The Morgan fingerprint density at radius 1 is 1.33 bits per heavy atom. The quantitative estimate of drug-likeness (QED) is 0.856. The van der Waals surface area contributed by atoms with E-state index in [2.05, 4.69) is 15.9 Å². The van der Waals surface area contributed by atoms with Crippen LogP contribution in [0.25, 0.3) is 0 Å². The Morgan fingerprint density at radius 2 is 1.87 bits per heavy atom. The molecule has 0 heterocycles. The molecule has 3 nitrogen and oxygen atoms in total. The van der Waals surface area contributed by atoms with Gasteiger partial charge in [0.15, 0.2) is 0 Å². The molecule has 0 saturated carbocycles. The van der Waals surface area contributed by atoms with Crippen molar-refractivity contribution in [3.8, 4) is 0 Å². The summed E-state index contributed by atoms with van der Waals surface area (Å²) in [5, 5.41) is 8.64. The van der Waals surface area contributed by atoms with Gasteiger partial charge in [-0.05, 0) is 24.1 Å². The number of carbonyl (C=O) groups is 2. The Morgan fingerprint density at radius 3 is 2.27 bits per heavy atom. The molecule has 4 heteroatoms. The van der Waals surface area contributed by atoms with Gasteiger partial charge >= 0.3 is 5.97 Å². The monoisotopic (exact) mass is 270 g/mol. The fraction of sp³-hybridized carbons (Fsp3) is 0.273. The molecule has 0 amide bonds. The minimum absolute atomic E-state index is 0.493. The second-order valence-corrected chi connectivity index (χ2v) is 4.10. The number of aliphatic carboxylic acids is 1. The van der Waals surface area contributed by atoms with Gasteiger partial charge < -0.3 is 5.11 Å². The highest BCUT2D eigenvalue weighted by Gasteiger charge is 2.24. The molecular weight excluding hydrogens is 260 g/mol. The SMILES string of the molecule is CCC(C(=O)C(=O)O)c1ccc(Br)cc1. The molecular formula is C11H11BrO3. The predicted octanol–water partition coefficient (Wildman–Crippen LogP) is 2.60. The van der Waals surface area contributed by atoms with E-state index >= 15 is 0 Å². The minimum atomic E-state index is -1.37. The van der Waals surface area contributed by atoms with Crippen molar-refractivity contribution >= 4 is 27.7 Å². The predicted molar refractivity (Wildman–Crippen MR) is 59.8 cm³/mol. The van der Waals surface area contributed by atoms with Crippen LogP contribution in [-0.4, -0.2) is 16.9 Å². The zero-order valence-electron chi connectivity index (χ0n) is 8.24. The Balaban J connectivity index is 2.97. The molecule has 15 heavy (non-hydrogen) atoms. The van der Waals surface area contributed by atoms with Crippen LogP contribution in [0.2, 0.25) is 0 Å². The molecule has 0 spiro atoms. The number of ketones is 1. The van der Waals surface area contributed by atoms with E-state index in [1.165, 1.54) is 0 Å². The summed E-state index contributed by atoms with van der Waals surface area (Å²) in [5.74, 6) is -2.67. The lowest BCUT2D eigenvalue weighted by molar-refractivity contribution is -0.149. The number of rotatable bonds is 4. The van der Waals surface area contributed by atoms with E-state index in [-0.39, 0.29) is 0 Å². The van der Waals surface area contributed by atoms with Gasteiger partial charge in [-0.3, -0.25) is 4.79 Å². The van der Waals surface area contributed by atoms with Gasteiger partial charge in [-0.15, -0.1) is 0 Å². The number of Topliss-reactive ketones (excluding diaryl/α,β-unsaturated/α-hetero) is 1. The zero-order valence-corrected chi connectivity index (χ0v) is 9.82. The molecule has 1 aromatic carbocycles. The Kier molecular flexibility index (Phi) is 4.03. The van der Waals surface area contributed by atoms with E-state index in [4.69, 9.17) is 5.11 Å². The maximum Gasteiger partial charge on any atom is 0.372 e. The molecule has 80 valence electrons. The third-order valence-corrected chi connectivity index (χ3v) is 2.74. The molecule has 0 aliphatic rings. The number of carbonyl (C=O) groups excluding carboxylic acids is 1. The van der Waals surface area contributed by atoms with Crippen molar-refractivity contribution in [1.82, 2.24) is 0 Å². The van der Waals surface area contributed by atoms with Crippen LogP contribution in [0.4, 0.5) is 0 Å². The summed E-state index contributed by atoms with van der Waals surface area (Å²) in [7, 11) is 0. The second-order valence-electron chi connectivity index (χ2n) is 3.18. The molecule has 0 aliphatic heterocycles. The topological polar surface area (TPSA) is 54.4 Å². The van der Waals surface area contributed by atoms with Crippen molar-refractivity contribution in [3.05, 3.63) is 34.3 Å². The smallest absolute Gasteiger partial charge is 0.372 e. The van der Waals surface area contributed by atoms with Crippen LogP contribution in [0.3, 0.4) is 0 Å². The van der Waals surface area contributed by atoms with E-state index < -0.39 is 17.7 Å². The van der Waals surface area contributed by atoms with Gasteiger partial charge in [-0.1, -0.05) is 35.0 Å². The summed E-state index contributed by atoms with van der Waals surface area (Å²) < 4.78 is 0.906. The minimum Gasteiger partial charge on any atom is -0.475 e. The number of benzene rings is 1.